The van der Waals surface area contributed by atoms with Crippen molar-refractivity contribution < 1.29 is 9.78 Å². The van der Waals surface area contributed by atoms with Gasteiger partial charge in [-0.05, 0) is 12.8 Å². The van der Waals surface area contributed by atoms with E-state index in [2.05, 4.69) is 22.9 Å². The fourth-order valence-corrected chi connectivity index (χ4v) is 0.440. The lowest BCUT2D eigenvalue weighted by Gasteiger charge is -2.07. The summed E-state index contributed by atoms with van der Waals surface area (Å²) >= 11 is 0. The average Bonchev–Trinajstić information content (AvgIpc) is 2.08. The van der Waals surface area contributed by atoms with Gasteiger partial charge in [0.2, 0.25) is 0 Å². The van der Waals surface area contributed by atoms with E-state index >= 15 is 0 Å². The summed E-state index contributed by atoms with van der Waals surface area (Å²) in [6.45, 7) is 8.28. The van der Waals surface area contributed by atoms with Crippen molar-refractivity contribution in [1.29, 1.82) is 0 Å². The predicted molar refractivity (Wildman–Crippen MR) is 41.5 cm³/mol. The van der Waals surface area contributed by atoms with Crippen molar-refractivity contribution >= 4 is 0 Å². The largest absolute Gasteiger partial charge is 0.237 e. The van der Waals surface area contributed by atoms with Gasteiger partial charge in [-0.1, -0.05) is 25.3 Å². The van der Waals surface area contributed by atoms with Crippen LogP contribution < -0.4 is 0 Å². The zero-order valence-electron chi connectivity index (χ0n) is 6.21. The van der Waals surface area contributed by atoms with Gasteiger partial charge in [0, 0.05) is 0 Å². The van der Waals surface area contributed by atoms with E-state index in [9.17, 15) is 0 Å². The second kappa shape index (κ2) is 8.40. The monoisotopic (exact) mass is 142 g/mol. The molecule has 2 nitrogen and oxygen atoms in total. The molecule has 0 atom stereocenters. The molecule has 0 saturated carbocycles. The van der Waals surface area contributed by atoms with E-state index in [1.807, 2.05) is 0 Å². The zero-order chi connectivity index (χ0) is 7.66. The van der Waals surface area contributed by atoms with E-state index in [0.717, 1.165) is 26.1 Å². The van der Waals surface area contributed by atoms with E-state index in [1.165, 1.54) is 0 Å². The number of rotatable bonds is 1. The highest BCUT2D eigenvalue weighted by atomic mass is 17.2. The second-order valence-electron chi connectivity index (χ2n) is 1.82. The molecule has 0 aromatic heterocycles. The molecule has 1 rings (SSSR count). The van der Waals surface area contributed by atoms with Gasteiger partial charge in [-0.3, -0.25) is 0 Å². The molecule has 0 N–H and O–H groups in total. The first-order valence-corrected chi connectivity index (χ1v) is 3.39. The van der Waals surface area contributed by atoms with Gasteiger partial charge >= 0.3 is 0 Å². The Hall–Kier alpha value is -0.600. The van der Waals surface area contributed by atoms with E-state index < -0.39 is 0 Å². The predicted octanol–water partition coefficient (Wildman–Crippen LogP) is 2.09. The summed E-state index contributed by atoms with van der Waals surface area (Å²) in [4.78, 5) is 9.14. The Balaban J connectivity index is 0.000000180. The van der Waals surface area contributed by atoms with Crippen molar-refractivity contribution in [2.45, 2.75) is 12.8 Å². The molecule has 0 aromatic rings. The summed E-state index contributed by atoms with van der Waals surface area (Å²) in [5.74, 6) is 0. The summed E-state index contributed by atoms with van der Waals surface area (Å²) in [5.41, 5.74) is 0. The average molecular weight is 142 g/mol. The molecule has 58 valence electrons. The van der Waals surface area contributed by atoms with Crippen molar-refractivity contribution in [2.75, 3.05) is 13.2 Å². The van der Waals surface area contributed by atoms with Gasteiger partial charge in [0.05, 0.1) is 13.2 Å². The third-order valence-corrected chi connectivity index (χ3v) is 0.955. The van der Waals surface area contributed by atoms with Crippen LogP contribution in [-0.2, 0) is 9.78 Å². The molecule has 1 heterocycles. The second-order valence-corrected chi connectivity index (χ2v) is 1.82. The molecule has 0 amide bonds. The maximum absolute atomic E-state index is 4.57. The van der Waals surface area contributed by atoms with Crippen molar-refractivity contribution in [3.8, 4) is 0 Å². The molecule has 1 fully saturated rings. The normalized spacial score (nSPS) is 16.4. The Morgan fingerprint density at radius 2 is 1.30 bits per heavy atom. The SMILES string of the molecule is C1CCOOC1.C=CC=C. The van der Waals surface area contributed by atoms with Crippen LogP contribution in [0.25, 0.3) is 0 Å². The van der Waals surface area contributed by atoms with Gasteiger partial charge in [-0.2, -0.15) is 0 Å². The number of hydrogen-bond acceptors (Lipinski definition) is 2. The standard InChI is InChI=1S/C4H8O2.C4H6/c1-2-4-6-5-3-1;1-3-4-2/h1-4H2;3-4H,1-2H2. The Labute approximate surface area is 62.1 Å². The molecule has 1 saturated heterocycles. The first kappa shape index (κ1) is 9.40. The Bertz CT molecular complexity index is 67.7. The first-order chi connectivity index (χ1) is 4.91. The number of hydrogen-bond donors (Lipinski definition) is 0. The van der Waals surface area contributed by atoms with Gasteiger partial charge in [0.1, 0.15) is 0 Å². The minimum Gasteiger partial charge on any atom is -0.237 e. The van der Waals surface area contributed by atoms with Crippen LogP contribution in [0.1, 0.15) is 12.8 Å². The molecule has 0 aliphatic carbocycles. The Kier molecular flexibility index (Phi) is 7.90. The van der Waals surface area contributed by atoms with Crippen LogP contribution in [0, 0.1) is 0 Å². The molecule has 0 spiro atoms. The van der Waals surface area contributed by atoms with Gasteiger partial charge in [0.25, 0.3) is 0 Å². The lowest BCUT2D eigenvalue weighted by atomic mass is 10.3. The van der Waals surface area contributed by atoms with Gasteiger partial charge in [-0.15, -0.1) is 0 Å². The molecule has 0 unspecified atom stereocenters. The Morgan fingerprint density at radius 1 is 0.900 bits per heavy atom. The topological polar surface area (TPSA) is 18.5 Å². The van der Waals surface area contributed by atoms with E-state index in [-0.39, 0.29) is 0 Å². The van der Waals surface area contributed by atoms with Crippen LogP contribution in [-0.4, -0.2) is 13.2 Å². The highest BCUT2D eigenvalue weighted by Gasteiger charge is 1.95. The minimum atomic E-state index is 0.778. The molecule has 2 heteroatoms. The van der Waals surface area contributed by atoms with E-state index in [4.69, 9.17) is 0 Å². The summed E-state index contributed by atoms with van der Waals surface area (Å²) in [5, 5.41) is 0. The van der Waals surface area contributed by atoms with Crippen LogP contribution in [0.5, 0.6) is 0 Å². The highest BCUT2D eigenvalue weighted by molar-refractivity contribution is 4.88. The third kappa shape index (κ3) is 7.40. The van der Waals surface area contributed by atoms with Crippen LogP contribution in [0.4, 0.5) is 0 Å². The summed E-state index contributed by atoms with van der Waals surface area (Å²) in [6, 6.07) is 0. The molecule has 10 heavy (non-hydrogen) atoms. The van der Waals surface area contributed by atoms with Crippen molar-refractivity contribution in [2.24, 2.45) is 0 Å². The third-order valence-electron chi connectivity index (χ3n) is 0.955. The van der Waals surface area contributed by atoms with Crippen LogP contribution in [0.3, 0.4) is 0 Å². The van der Waals surface area contributed by atoms with Crippen LogP contribution >= 0.6 is 0 Å². The van der Waals surface area contributed by atoms with Crippen molar-refractivity contribution in [1.82, 2.24) is 0 Å². The van der Waals surface area contributed by atoms with Gasteiger partial charge in [0.15, 0.2) is 0 Å². The fourth-order valence-electron chi connectivity index (χ4n) is 0.440. The van der Waals surface area contributed by atoms with Crippen molar-refractivity contribution in [3.63, 3.8) is 0 Å². The maximum atomic E-state index is 4.57. The van der Waals surface area contributed by atoms with Gasteiger partial charge in [-0.25, -0.2) is 9.78 Å². The first-order valence-electron chi connectivity index (χ1n) is 3.39. The van der Waals surface area contributed by atoms with E-state index in [0.29, 0.717) is 0 Å². The number of allylic oxidation sites excluding steroid dienone is 2. The van der Waals surface area contributed by atoms with Crippen LogP contribution in [0.2, 0.25) is 0 Å². The molecular formula is C8H14O2. The summed E-state index contributed by atoms with van der Waals surface area (Å²) < 4.78 is 0. The maximum Gasteiger partial charge on any atom is 0.0823 e. The van der Waals surface area contributed by atoms with Crippen molar-refractivity contribution in [3.05, 3.63) is 25.3 Å². The highest BCUT2D eigenvalue weighted by Crippen LogP contribution is 1.97. The fraction of sp³-hybridized carbons (Fsp3) is 0.500. The Morgan fingerprint density at radius 3 is 1.40 bits per heavy atom. The molecular weight excluding hydrogens is 128 g/mol. The zero-order valence-corrected chi connectivity index (χ0v) is 6.21. The molecule has 0 bridgehead atoms. The molecule has 1 aliphatic rings. The molecule has 0 radical (unpaired) electrons. The smallest absolute Gasteiger partial charge is 0.0823 e. The molecule has 1 aliphatic heterocycles. The summed E-state index contributed by atoms with van der Waals surface area (Å²) in [7, 11) is 0. The minimum absolute atomic E-state index is 0.778. The lowest BCUT2D eigenvalue weighted by Crippen LogP contribution is -2.05. The summed E-state index contributed by atoms with van der Waals surface area (Å²) in [6.07, 6.45) is 5.58. The quantitative estimate of drug-likeness (QED) is 0.412. The van der Waals surface area contributed by atoms with Gasteiger partial charge < -0.3 is 0 Å². The lowest BCUT2D eigenvalue weighted by molar-refractivity contribution is -0.312. The van der Waals surface area contributed by atoms with Crippen LogP contribution in [0.15, 0.2) is 25.3 Å². The molecule has 0 aromatic carbocycles. The van der Waals surface area contributed by atoms with E-state index in [1.54, 1.807) is 12.2 Å².